The Hall–Kier alpha value is -3.50. The van der Waals surface area contributed by atoms with Crippen LogP contribution in [0, 0.1) is 11.6 Å². The van der Waals surface area contributed by atoms with Crippen molar-refractivity contribution in [2.24, 2.45) is 0 Å². The second-order valence-electron chi connectivity index (χ2n) is 6.42. The number of nitrogens with zero attached hydrogens (tertiary/aromatic N) is 2. The monoisotopic (exact) mass is 426 g/mol. The Balaban J connectivity index is 2.24. The first kappa shape index (κ1) is 21.2. The standard InChI is InChI=1S/C19H15F5N4O2/c1-2-14(19(22,23)24)26-18(30)11-8-28(13-5-3-9(20)7-12(13)21)17-10(16(11)29)4-6-15(25)27-17/h3-8,14H,2H2,1H3,(H2,25,27)(H,26,30). The third kappa shape index (κ3) is 3.95. The van der Waals surface area contributed by atoms with Crippen molar-refractivity contribution in [1.29, 1.82) is 0 Å². The van der Waals surface area contributed by atoms with Crippen LogP contribution in [0.15, 0.2) is 41.3 Å². The van der Waals surface area contributed by atoms with Gasteiger partial charge in [0.05, 0.1) is 11.1 Å². The second kappa shape index (κ2) is 7.73. The zero-order valence-corrected chi connectivity index (χ0v) is 15.4. The maximum Gasteiger partial charge on any atom is 0.408 e. The largest absolute Gasteiger partial charge is 0.408 e. The number of hydrogen-bond acceptors (Lipinski definition) is 4. The van der Waals surface area contributed by atoms with Crippen molar-refractivity contribution in [1.82, 2.24) is 14.9 Å². The molecule has 2 aromatic heterocycles. The lowest BCUT2D eigenvalue weighted by Crippen LogP contribution is -2.46. The first-order valence-electron chi connectivity index (χ1n) is 8.67. The molecule has 1 atom stereocenters. The van der Waals surface area contributed by atoms with Crippen LogP contribution in [-0.4, -0.2) is 27.7 Å². The van der Waals surface area contributed by atoms with E-state index < -0.39 is 47.2 Å². The van der Waals surface area contributed by atoms with Crippen LogP contribution in [0.2, 0.25) is 0 Å². The molecule has 0 saturated carbocycles. The summed E-state index contributed by atoms with van der Waals surface area (Å²) in [5.41, 5.74) is 3.62. The predicted octanol–water partition coefficient (Wildman–Crippen LogP) is 3.32. The number of amides is 1. The zero-order chi connectivity index (χ0) is 22.2. The van der Waals surface area contributed by atoms with Crippen molar-refractivity contribution in [2.45, 2.75) is 25.6 Å². The number of benzene rings is 1. The maximum atomic E-state index is 14.4. The summed E-state index contributed by atoms with van der Waals surface area (Å²) in [5, 5.41) is 1.59. The van der Waals surface area contributed by atoms with Gasteiger partial charge < -0.3 is 11.1 Å². The molecular weight excluding hydrogens is 411 g/mol. The first-order chi connectivity index (χ1) is 14.0. The molecule has 0 saturated heterocycles. The lowest BCUT2D eigenvalue weighted by Gasteiger charge is -2.20. The van der Waals surface area contributed by atoms with Crippen LogP contribution >= 0.6 is 0 Å². The Morgan fingerprint density at radius 3 is 2.53 bits per heavy atom. The summed E-state index contributed by atoms with van der Waals surface area (Å²) in [6, 6.07) is 2.83. The van der Waals surface area contributed by atoms with Crippen LogP contribution in [0.1, 0.15) is 23.7 Å². The molecule has 0 fully saturated rings. The van der Waals surface area contributed by atoms with Crippen molar-refractivity contribution in [2.75, 3.05) is 5.73 Å². The minimum Gasteiger partial charge on any atom is -0.384 e. The lowest BCUT2D eigenvalue weighted by atomic mass is 10.1. The van der Waals surface area contributed by atoms with E-state index in [4.69, 9.17) is 5.73 Å². The highest BCUT2D eigenvalue weighted by molar-refractivity contribution is 5.97. The molecule has 0 aliphatic rings. The van der Waals surface area contributed by atoms with Gasteiger partial charge in [0.25, 0.3) is 5.91 Å². The van der Waals surface area contributed by atoms with Gasteiger partial charge in [-0.25, -0.2) is 13.8 Å². The van der Waals surface area contributed by atoms with Gasteiger partial charge in [0.1, 0.15) is 29.1 Å². The van der Waals surface area contributed by atoms with E-state index in [-0.39, 0.29) is 22.5 Å². The van der Waals surface area contributed by atoms with Gasteiger partial charge in [-0.1, -0.05) is 6.92 Å². The van der Waals surface area contributed by atoms with E-state index in [1.54, 1.807) is 5.32 Å². The molecule has 0 radical (unpaired) electrons. The average Bonchev–Trinajstić information content (AvgIpc) is 2.66. The summed E-state index contributed by atoms with van der Waals surface area (Å²) in [5.74, 6) is -3.24. The fourth-order valence-electron chi connectivity index (χ4n) is 2.89. The van der Waals surface area contributed by atoms with Crippen molar-refractivity contribution in [3.63, 3.8) is 0 Å². The van der Waals surface area contributed by atoms with E-state index in [1.165, 1.54) is 19.1 Å². The van der Waals surface area contributed by atoms with Gasteiger partial charge in [0.15, 0.2) is 5.65 Å². The summed E-state index contributed by atoms with van der Waals surface area (Å²) in [7, 11) is 0. The number of nitrogens with one attached hydrogen (secondary N) is 1. The second-order valence-corrected chi connectivity index (χ2v) is 6.42. The van der Waals surface area contributed by atoms with Crippen molar-refractivity contribution in [3.8, 4) is 5.69 Å². The van der Waals surface area contributed by atoms with Gasteiger partial charge in [-0.3, -0.25) is 14.2 Å². The van der Waals surface area contributed by atoms with Crippen molar-refractivity contribution in [3.05, 3.63) is 63.9 Å². The number of nitrogen functional groups attached to an aromatic ring is 1. The smallest absolute Gasteiger partial charge is 0.384 e. The number of alkyl halides is 3. The molecule has 30 heavy (non-hydrogen) atoms. The summed E-state index contributed by atoms with van der Waals surface area (Å²) in [6.07, 6.45) is -4.33. The molecule has 0 spiro atoms. The number of pyridine rings is 2. The number of anilines is 1. The first-order valence-corrected chi connectivity index (χ1v) is 8.67. The third-order valence-corrected chi connectivity index (χ3v) is 4.39. The average molecular weight is 426 g/mol. The van der Waals surface area contributed by atoms with E-state index >= 15 is 0 Å². The Morgan fingerprint density at radius 1 is 1.23 bits per heavy atom. The van der Waals surface area contributed by atoms with Gasteiger partial charge in [0, 0.05) is 12.3 Å². The number of fused-ring (bicyclic) bond motifs is 1. The molecule has 1 aromatic carbocycles. The molecule has 2 heterocycles. The van der Waals surface area contributed by atoms with Crippen LogP contribution in [0.3, 0.4) is 0 Å². The topological polar surface area (TPSA) is 90.0 Å². The molecule has 1 unspecified atom stereocenters. The molecule has 0 aliphatic carbocycles. The molecule has 0 bridgehead atoms. The predicted molar refractivity (Wildman–Crippen MR) is 99.3 cm³/mol. The van der Waals surface area contributed by atoms with E-state index in [1.807, 2.05) is 0 Å². The molecule has 1 amide bonds. The Bertz CT molecular complexity index is 1190. The summed E-state index contributed by atoms with van der Waals surface area (Å²) in [4.78, 5) is 29.2. The van der Waals surface area contributed by atoms with Crippen LogP contribution in [0.25, 0.3) is 16.7 Å². The Labute approximate surface area is 166 Å². The van der Waals surface area contributed by atoms with E-state index in [0.717, 1.165) is 22.9 Å². The zero-order valence-electron chi connectivity index (χ0n) is 15.4. The van der Waals surface area contributed by atoms with Crippen LogP contribution in [0.5, 0.6) is 0 Å². The van der Waals surface area contributed by atoms with Crippen LogP contribution in [-0.2, 0) is 0 Å². The molecular formula is C19H15F5N4O2. The minimum atomic E-state index is -4.72. The molecule has 0 aliphatic heterocycles. The third-order valence-electron chi connectivity index (χ3n) is 4.39. The van der Waals surface area contributed by atoms with Gasteiger partial charge >= 0.3 is 6.18 Å². The van der Waals surface area contributed by atoms with Crippen LogP contribution in [0.4, 0.5) is 27.8 Å². The normalized spacial score (nSPS) is 12.7. The van der Waals surface area contributed by atoms with Gasteiger partial charge in [0.2, 0.25) is 5.43 Å². The summed E-state index contributed by atoms with van der Waals surface area (Å²) in [6.45, 7) is 1.22. The van der Waals surface area contributed by atoms with Gasteiger partial charge in [-0.05, 0) is 30.7 Å². The fraction of sp³-hybridized carbons (Fsp3) is 0.211. The molecule has 11 heteroatoms. The number of aromatic nitrogens is 2. The number of rotatable bonds is 4. The van der Waals surface area contributed by atoms with Crippen LogP contribution < -0.4 is 16.5 Å². The highest BCUT2D eigenvalue weighted by atomic mass is 19.4. The van der Waals surface area contributed by atoms with Crippen molar-refractivity contribution < 1.29 is 26.7 Å². The Kier molecular flexibility index (Phi) is 5.47. The number of hydrogen-bond donors (Lipinski definition) is 2. The van der Waals surface area contributed by atoms with E-state index in [2.05, 4.69) is 4.98 Å². The molecule has 158 valence electrons. The highest BCUT2D eigenvalue weighted by Gasteiger charge is 2.39. The fourth-order valence-corrected chi connectivity index (χ4v) is 2.89. The summed E-state index contributed by atoms with van der Waals surface area (Å²) >= 11 is 0. The Morgan fingerprint density at radius 2 is 1.93 bits per heavy atom. The van der Waals surface area contributed by atoms with Crippen molar-refractivity contribution >= 4 is 22.8 Å². The number of halogens is 5. The van der Waals surface area contributed by atoms with Gasteiger partial charge in [-0.15, -0.1) is 0 Å². The van der Waals surface area contributed by atoms with E-state index in [9.17, 15) is 31.5 Å². The minimum absolute atomic E-state index is 0.0292. The van der Waals surface area contributed by atoms with E-state index in [0.29, 0.717) is 6.07 Å². The molecule has 3 N–H and O–H groups in total. The molecule has 3 aromatic rings. The molecule has 3 rings (SSSR count). The molecule has 6 nitrogen and oxygen atoms in total. The number of carbonyl (C=O) groups excluding carboxylic acids is 1. The van der Waals surface area contributed by atoms with Gasteiger partial charge in [-0.2, -0.15) is 13.2 Å². The quantitative estimate of drug-likeness (QED) is 0.627. The highest BCUT2D eigenvalue weighted by Crippen LogP contribution is 2.24. The SMILES string of the molecule is CCC(NC(=O)c1cn(-c2ccc(F)cc2F)c2nc(N)ccc2c1=O)C(F)(F)F. The summed E-state index contributed by atoms with van der Waals surface area (Å²) < 4.78 is 67.7. The number of nitrogens with two attached hydrogens (primary N) is 1. The lowest BCUT2D eigenvalue weighted by molar-refractivity contribution is -0.153. The number of carbonyl (C=O) groups is 1. The maximum absolute atomic E-state index is 14.4.